The Labute approximate surface area is 119 Å². The molecule has 0 spiro atoms. The van der Waals surface area contributed by atoms with E-state index >= 15 is 0 Å². The number of hydrogen-bond acceptors (Lipinski definition) is 4. The van der Waals surface area contributed by atoms with E-state index in [4.69, 9.17) is 9.84 Å². The van der Waals surface area contributed by atoms with Gasteiger partial charge in [0.2, 0.25) is 5.91 Å². The molecule has 0 fully saturated rings. The molecule has 7 heteroatoms. The van der Waals surface area contributed by atoms with Gasteiger partial charge in [-0.3, -0.25) is 10.1 Å². The van der Waals surface area contributed by atoms with Crippen molar-refractivity contribution in [1.29, 1.82) is 0 Å². The minimum atomic E-state index is -1.27. The number of likely N-dealkylation sites (N-methyl/N-ethyl adjacent to an activating group) is 1. The van der Waals surface area contributed by atoms with Crippen molar-refractivity contribution in [1.82, 2.24) is 10.6 Å². The Bertz CT molecular complexity index is 479. The number of hydrogen-bond donors (Lipinski definition) is 3. The zero-order chi connectivity index (χ0) is 14.4. The quantitative estimate of drug-likeness (QED) is 0.670. The molecule has 104 valence electrons. The number of carbonyl (C=O) groups is 2. The highest BCUT2D eigenvalue weighted by Gasteiger charge is 2.23. The van der Waals surface area contributed by atoms with Gasteiger partial charge in [-0.2, -0.15) is 0 Å². The summed E-state index contributed by atoms with van der Waals surface area (Å²) in [6.07, 6.45) is 0. The maximum atomic E-state index is 11.7. The Morgan fingerprint density at radius 2 is 2.16 bits per heavy atom. The van der Waals surface area contributed by atoms with Gasteiger partial charge in [0.1, 0.15) is 5.75 Å². The monoisotopic (exact) mass is 330 g/mol. The normalized spacial score (nSPS) is 11.7. The molecule has 0 radical (unpaired) electrons. The molecular weight excluding hydrogens is 316 g/mol. The van der Waals surface area contributed by atoms with Crippen molar-refractivity contribution in [3.05, 3.63) is 28.2 Å². The molecule has 0 heterocycles. The van der Waals surface area contributed by atoms with Crippen LogP contribution < -0.4 is 15.4 Å². The summed E-state index contributed by atoms with van der Waals surface area (Å²) in [5.74, 6) is -1.20. The van der Waals surface area contributed by atoms with Gasteiger partial charge >= 0.3 is 5.97 Å². The number of benzene rings is 1. The number of amides is 1. The lowest BCUT2D eigenvalue weighted by Gasteiger charge is -2.13. The van der Waals surface area contributed by atoms with Gasteiger partial charge < -0.3 is 15.2 Å². The van der Waals surface area contributed by atoms with Crippen LogP contribution in [0.5, 0.6) is 5.75 Å². The van der Waals surface area contributed by atoms with Crippen LogP contribution >= 0.6 is 15.9 Å². The van der Waals surface area contributed by atoms with Crippen LogP contribution in [0, 0.1) is 0 Å². The molecule has 0 aliphatic rings. The third-order valence-electron chi connectivity index (χ3n) is 2.49. The van der Waals surface area contributed by atoms with Crippen molar-refractivity contribution < 1.29 is 19.4 Å². The van der Waals surface area contributed by atoms with Crippen molar-refractivity contribution >= 4 is 27.8 Å². The van der Waals surface area contributed by atoms with Crippen LogP contribution in [-0.2, 0) is 16.1 Å². The van der Waals surface area contributed by atoms with Crippen molar-refractivity contribution in [3.8, 4) is 5.75 Å². The van der Waals surface area contributed by atoms with Gasteiger partial charge in [-0.25, -0.2) is 4.79 Å². The van der Waals surface area contributed by atoms with Crippen molar-refractivity contribution in [2.75, 3.05) is 14.2 Å². The molecule has 6 nitrogen and oxygen atoms in total. The van der Waals surface area contributed by atoms with Crippen LogP contribution in [0.3, 0.4) is 0 Å². The van der Waals surface area contributed by atoms with Crippen LogP contribution in [0.15, 0.2) is 22.7 Å². The second kappa shape index (κ2) is 7.10. The van der Waals surface area contributed by atoms with E-state index < -0.39 is 17.9 Å². The average molecular weight is 331 g/mol. The molecule has 1 aromatic carbocycles. The van der Waals surface area contributed by atoms with Crippen molar-refractivity contribution in [2.24, 2.45) is 0 Å². The zero-order valence-electron chi connectivity index (χ0n) is 10.6. The first kappa shape index (κ1) is 15.5. The molecule has 19 heavy (non-hydrogen) atoms. The van der Waals surface area contributed by atoms with E-state index in [2.05, 4.69) is 26.6 Å². The molecule has 0 saturated heterocycles. The summed E-state index contributed by atoms with van der Waals surface area (Å²) in [5.41, 5.74) is 0.755. The maximum absolute atomic E-state index is 11.7. The number of rotatable bonds is 6. The van der Waals surface area contributed by atoms with Gasteiger partial charge in [-0.05, 0) is 25.2 Å². The lowest BCUT2D eigenvalue weighted by atomic mass is 10.2. The minimum Gasteiger partial charge on any atom is -0.496 e. The molecule has 1 atom stereocenters. The number of carboxylic acid groups (broad SMARTS) is 1. The van der Waals surface area contributed by atoms with Crippen LogP contribution in [0.1, 0.15) is 5.56 Å². The third kappa shape index (κ3) is 4.22. The Balaban J connectivity index is 2.73. The first-order chi connectivity index (χ1) is 8.99. The van der Waals surface area contributed by atoms with E-state index in [1.54, 1.807) is 12.1 Å². The van der Waals surface area contributed by atoms with E-state index in [0.29, 0.717) is 5.75 Å². The van der Waals surface area contributed by atoms with Gasteiger partial charge in [0.15, 0.2) is 6.04 Å². The van der Waals surface area contributed by atoms with E-state index in [1.165, 1.54) is 14.2 Å². The van der Waals surface area contributed by atoms with Gasteiger partial charge in [0.05, 0.1) is 7.11 Å². The molecule has 3 N–H and O–H groups in total. The Hall–Kier alpha value is -1.60. The Morgan fingerprint density at radius 1 is 1.47 bits per heavy atom. The highest BCUT2D eigenvalue weighted by atomic mass is 79.9. The zero-order valence-corrected chi connectivity index (χ0v) is 12.2. The first-order valence-corrected chi connectivity index (χ1v) is 6.29. The van der Waals surface area contributed by atoms with E-state index in [0.717, 1.165) is 10.0 Å². The highest BCUT2D eigenvalue weighted by Crippen LogP contribution is 2.22. The third-order valence-corrected chi connectivity index (χ3v) is 2.99. The number of methoxy groups -OCH3 is 1. The summed E-state index contributed by atoms with van der Waals surface area (Å²) in [5, 5.41) is 13.8. The summed E-state index contributed by atoms with van der Waals surface area (Å²) < 4.78 is 6.01. The van der Waals surface area contributed by atoms with E-state index in [9.17, 15) is 9.59 Å². The average Bonchev–Trinajstić information content (AvgIpc) is 2.37. The molecule has 0 saturated carbocycles. The second-order valence-corrected chi connectivity index (χ2v) is 4.65. The van der Waals surface area contributed by atoms with Gasteiger partial charge in [-0.1, -0.05) is 15.9 Å². The SMILES string of the molecule is CNC(C(=O)O)C(=O)NCc1cc(Br)ccc1OC. The van der Waals surface area contributed by atoms with Gasteiger partial charge in [-0.15, -0.1) is 0 Å². The molecule has 1 aromatic rings. The fourth-order valence-electron chi connectivity index (χ4n) is 1.54. The van der Waals surface area contributed by atoms with Crippen LogP contribution in [0.2, 0.25) is 0 Å². The van der Waals surface area contributed by atoms with Crippen LogP contribution in [0.4, 0.5) is 0 Å². The summed E-state index contributed by atoms with van der Waals surface area (Å²) in [7, 11) is 2.94. The Kier molecular flexibility index (Phi) is 5.78. The highest BCUT2D eigenvalue weighted by molar-refractivity contribution is 9.10. The standard InChI is InChI=1S/C12H15BrN2O4/c1-14-10(12(17)18)11(16)15-6-7-5-8(13)3-4-9(7)19-2/h3-5,10,14H,6H2,1-2H3,(H,15,16)(H,17,18). The molecule has 0 aliphatic heterocycles. The molecule has 0 bridgehead atoms. The number of carboxylic acids is 1. The minimum absolute atomic E-state index is 0.187. The number of ether oxygens (including phenoxy) is 1. The van der Waals surface area contributed by atoms with Crippen molar-refractivity contribution in [2.45, 2.75) is 12.6 Å². The van der Waals surface area contributed by atoms with E-state index in [-0.39, 0.29) is 6.54 Å². The first-order valence-electron chi connectivity index (χ1n) is 5.49. The van der Waals surface area contributed by atoms with Crippen molar-refractivity contribution in [3.63, 3.8) is 0 Å². The summed E-state index contributed by atoms with van der Waals surface area (Å²) >= 11 is 3.32. The summed E-state index contributed by atoms with van der Waals surface area (Å²) in [6, 6.07) is 4.11. The fourth-order valence-corrected chi connectivity index (χ4v) is 1.94. The molecule has 1 rings (SSSR count). The lowest BCUT2D eigenvalue weighted by molar-refractivity contribution is -0.143. The second-order valence-electron chi connectivity index (χ2n) is 3.73. The predicted octanol–water partition coefficient (Wildman–Crippen LogP) is 0.747. The summed E-state index contributed by atoms with van der Waals surface area (Å²) in [4.78, 5) is 22.5. The van der Waals surface area contributed by atoms with E-state index in [1.807, 2.05) is 6.07 Å². The summed E-state index contributed by atoms with van der Waals surface area (Å²) in [6.45, 7) is 0.187. The predicted molar refractivity (Wildman–Crippen MR) is 73.0 cm³/mol. The number of halogens is 1. The lowest BCUT2D eigenvalue weighted by Crippen LogP contribution is -2.47. The molecular formula is C12H15BrN2O4. The Morgan fingerprint density at radius 3 is 2.68 bits per heavy atom. The smallest absolute Gasteiger partial charge is 0.330 e. The molecule has 1 unspecified atom stereocenters. The van der Waals surface area contributed by atoms with Crippen LogP contribution in [-0.4, -0.2) is 37.2 Å². The molecule has 0 aromatic heterocycles. The number of carbonyl (C=O) groups excluding carboxylic acids is 1. The topological polar surface area (TPSA) is 87.7 Å². The number of nitrogens with one attached hydrogen (secondary N) is 2. The number of aliphatic carboxylic acids is 1. The largest absolute Gasteiger partial charge is 0.496 e. The molecule has 1 amide bonds. The maximum Gasteiger partial charge on any atom is 0.330 e. The van der Waals surface area contributed by atoms with Crippen LogP contribution in [0.25, 0.3) is 0 Å². The van der Waals surface area contributed by atoms with Gasteiger partial charge in [0, 0.05) is 16.6 Å². The van der Waals surface area contributed by atoms with Gasteiger partial charge in [0.25, 0.3) is 0 Å². The molecule has 0 aliphatic carbocycles. The fraction of sp³-hybridized carbons (Fsp3) is 0.333.